The first-order valence-corrected chi connectivity index (χ1v) is 9.25. The molecule has 0 radical (unpaired) electrons. The van der Waals surface area contributed by atoms with E-state index in [1.807, 2.05) is 7.05 Å². The lowest BCUT2D eigenvalue weighted by atomic mass is 10.2. The third-order valence-electron chi connectivity index (χ3n) is 5.39. The quantitative estimate of drug-likeness (QED) is 0.673. The van der Waals surface area contributed by atoms with Crippen molar-refractivity contribution >= 4 is 11.6 Å². The van der Waals surface area contributed by atoms with E-state index in [2.05, 4.69) is 63.1 Å². The van der Waals surface area contributed by atoms with Gasteiger partial charge in [-0.2, -0.15) is 0 Å². The minimum atomic E-state index is 0.526. The summed E-state index contributed by atoms with van der Waals surface area (Å²) in [4.78, 5) is 11.9. The Balaban J connectivity index is 1.54. The molecule has 5 nitrogen and oxygen atoms in total. The minimum absolute atomic E-state index is 0.526. The van der Waals surface area contributed by atoms with E-state index in [1.54, 1.807) is 0 Å². The van der Waals surface area contributed by atoms with Crippen LogP contribution in [0.3, 0.4) is 0 Å². The number of likely N-dealkylation sites (N-methyl/N-ethyl adjacent to an activating group) is 1. The molecule has 0 amide bonds. The van der Waals surface area contributed by atoms with E-state index in [1.165, 1.54) is 44.0 Å². The number of hydrogen-bond donors (Lipinski definition) is 1. The van der Waals surface area contributed by atoms with E-state index in [0.717, 1.165) is 25.5 Å². The normalized spacial score (nSPS) is 21.0. The summed E-state index contributed by atoms with van der Waals surface area (Å²) < 4.78 is 0. The van der Waals surface area contributed by atoms with Crippen LogP contribution in [0.25, 0.3) is 0 Å². The van der Waals surface area contributed by atoms with Gasteiger partial charge in [-0.1, -0.05) is 25.1 Å². The summed E-state index contributed by atoms with van der Waals surface area (Å²) in [6.45, 7) is 12.4. The van der Waals surface area contributed by atoms with E-state index in [0.29, 0.717) is 6.04 Å². The summed E-state index contributed by atoms with van der Waals surface area (Å²) in [5, 5.41) is 3.60. The molecule has 2 heterocycles. The summed E-state index contributed by atoms with van der Waals surface area (Å²) in [6, 6.07) is 9.18. The molecule has 3 rings (SSSR count). The van der Waals surface area contributed by atoms with Gasteiger partial charge in [0, 0.05) is 58.0 Å². The monoisotopic (exact) mass is 329 g/mol. The predicted octanol–water partition coefficient (Wildman–Crippen LogP) is 1.65. The van der Waals surface area contributed by atoms with E-state index in [-0.39, 0.29) is 0 Å². The van der Waals surface area contributed by atoms with Crippen LogP contribution in [0, 0.1) is 0 Å². The molecule has 2 aliphatic heterocycles. The Bertz CT molecular complexity index is 563. The fraction of sp³-hybridized carbons (Fsp3) is 0.632. The van der Waals surface area contributed by atoms with Crippen molar-refractivity contribution in [2.45, 2.75) is 26.3 Å². The molecule has 1 aromatic rings. The summed E-state index contributed by atoms with van der Waals surface area (Å²) in [6.07, 6.45) is 1.10. The Hall–Kier alpha value is -1.59. The highest BCUT2D eigenvalue weighted by atomic mass is 15.3. The molecule has 1 N–H and O–H groups in total. The molecule has 24 heavy (non-hydrogen) atoms. The standard InChI is InChI=1S/C19H31N5/c1-4-22-11-13-23(14-12-22)16(2)15-21-19(20-3)24-10-9-17-7-5-6-8-18(17)24/h5-8,16H,4,9-15H2,1-3H3,(H,20,21). The zero-order valence-corrected chi connectivity index (χ0v) is 15.3. The zero-order chi connectivity index (χ0) is 16.9. The Labute approximate surface area is 146 Å². The van der Waals surface area contributed by atoms with Crippen LogP contribution in [0.2, 0.25) is 0 Å². The van der Waals surface area contributed by atoms with Gasteiger partial charge in [0.25, 0.3) is 0 Å². The minimum Gasteiger partial charge on any atom is -0.354 e. The molecular weight excluding hydrogens is 298 g/mol. The van der Waals surface area contributed by atoms with Gasteiger partial charge in [0.05, 0.1) is 0 Å². The molecule has 5 heteroatoms. The third-order valence-corrected chi connectivity index (χ3v) is 5.39. The number of para-hydroxylation sites is 1. The van der Waals surface area contributed by atoms with Crippen molar-refractivity contribution in [2.24, 2.45) is 4.99 Å². The van der Waals surface area contributed by atoms with Gasteiger partial charge in [-0.05, 0) is 31.5 Å². The van der Waals surface area contributed by atoms with Crippen LogP contribution in [-0.2, 0) is 6.42 Å². The lowest BCUT2D eigenvalue weighted by molar-refractivity contribution is 0.107. The summed E-state index contributed by atoms with van der Waals surface area (Å²) in [5.74, 6) is 0.999. The molecule has 1 saturated heterocycles. The SMILES string of the molecule is CCN1CCN(C(C)CNC(=NC)N2CCc3ccccc32)CC1. The van der Waals surface area contributed by atoms with Gasteiger partial charge in [0.2, 0.25) is 0 Å². The fourth-order valence-electron chi connectivity index (χ4n) is 3.74. The van der Waals surface area contributed by atoms with Crippen LogP contribution in [0.5, 0.6) is 0 Å². The van der Waals surface area contributed by atoms with Gasteiger partial charge in [-0.3, -0.25) is 9.89 Å². The largest absolute Gasteiger partial charge is 0.354 e. The van der Waals surface area contributed by atoms with Gasteiger partial charge < -0.3 is 15.1 Å². The van der Waals surface area contributed by atoms with Gasteiger partial charge in [0.1, 0.15) is 0 Å². The smallest absolute Gasteiger partial charge is 0.198 e. The number of aliphatic imine (C=N–C) groups is 1. The van der Waals surface area contributed by atoms with Crippen molar-refractivity contribution in [1.29, 1.82) is 0 Å². The van der Waals surface area contributed by atoms with Crippen LogP contribution in [0.15, 0.2) is 29.3 Å². The zero-order valence-electron chi connectivity index (χ0n) is 15.3. The Morgan fingerprint density at radius 1 is 1.17 bits per heavy atom. The first kappa shape index (κ1) is 17.2. The van der Waals surface area contributed by atoms with Crippen molar-refractivity contribution in [3.63, 3.8) is 0 Å². The van der Waals surface area contributed by atoms with Crippen molar-refractivity contribution < 1.29 is 0 Å². The van der Waals surface area contributed by atoms with Crippen molar-refractivity contribution in [1.82, 2.24) is 15.1 Å². The second-order valence-electron chi connectivity index (χ2n) is 6.78. The van der Waals surface area contributed by atoms with Crippen molar-refractivity contribution in [3.05, 3.63) is 29.8 Å². The molecule has 0 saturated carbocycles. The molecule has 2 aliphatic rings. The van der Waals surface area contributed by atoms with Gasteiger partial charge in [0.15, 0.2) is 5.96 Å². The van der Waals surface area contributed by atoms with Crippen molar-refractivity contribution in [2.75, 3.05) is 57.8 Å². The molecule has 0 spiro atoms. The number of anilines is 1. The van der Waals surface area contributed by atoms with E-state index in [4.69, 9.17) is 0 Å². The molecule has 132 valence electrons. The molecule has 0 bridgehead atoms. The molecular formula is C19H31N5. The van der Waals surface area contributed by atoms with E-state index >= 15 is 0 Å². The maximum atomic E-state index is 4.52. The topological polar surface area (TPSA) is 34.1 Å². The van der Waals surface area contributed by atoms with E-state index in [9.17, 15) is 0 Å². The third kappa shape index (κ3) is 3.73. The Morgan fingerprint density at radius 3 is 2.62 bits per heavy atom. The average Bonchev–Trinajstić information content (AvgIpc) is 3.06. The number of benzene rings is 1. The maximum absolute atomic E-state index is 4.52. The number of nitrogens with one attached hydrogen (secondary N) is 1. The Kier molecular flexibility index (Phi) is 5.74. The Morgan fingerprint density at radius 2 is 1.92 bits per heavy atom. The number of nitrogens with zero attached hydrogens (tertiary/aromatic N) is 4. The summed E-state index contributed by atoms with van der Waals surface area (Å²) in [5.41, 5.74) is 2.72. The molecule has 1 aromatic carbocycles. The predicted molar refractivity (Wildman–Crippen MR) is 102 cm³/mol. The fourth-order valence-corrected chi connectivity index (χ4v) is 3.74. The molecule has 0 aliphatic carbocycles. The first-order chi connectivity index (χ1) is 11.7. The second kappa shape index (κ2) is 7.99. The molecule has 1 atom stereocenters. The van der Waals surface area contributed by atoms with Gasteiger partial charge >= 0.3 is 0 Å². The van der Waals surface area contributed by atoms with Crippen LogP contribution in [0.1, 0.15) is 19.4 Å². The number of guanidine groups is 1. The molecule has 1 fully saturated rings. The van der Waals surface area contributed by atoms with Crippen LogP contribution < -0.4 is 10.2 Å². The number of fused-ring (bicyclic) bond motifs is 1. The van der Waals surface area contributed by atoms with Crippen LogP contribution >= 0.6 is 0 Å². The first-order valence-electron chi connectivity index (χ1n) is 9.25. The van der Waals surface area contributed by atoms with Crippen LogP contribution in [-0.4, -0.2) is 74.7 Å². The number of hydrogen-bond acceptors (Lipinski definition) is 3. The highest BCUT2D eigenvalue weighted by Gasteiger charge is 2.24. The summed E-state index contributed by atoms with van der Waals surface area (Å²) in [7, 11) is 1.88. The maximum Gasteiger partial charge on any atom is 0.198 e. The lowest BCUT2D eigenvalue weighted by Crippen LogP contribution is -2.53. The lowest BCUT2D eigenvalue weighted by Gasteiger charge is -2.38. The highest BCUT2D eigenvalue weighted by molar-refractivity contribution is 5.97. The summed E-state index contributed by atoms with van der Waals surface area (Å²) >= 11 is 0. The average molecular weight is 329 g/mol. The van der Waals surface area contributed by atoms with Crippen molar-refractivity contribution in [3.8, 4) is 0 Å². The highest BCUT2D eigenvalue weighted by Crippen LogP contribution is 2.27. The second-order valence-corrected chi connectivity index (χ2v) is 6.78. The van der Waals surface area contributed by atoms with Crippen LogP contribution in [0.4, 0.5) is 5.69 Å². The van der Waals surface area contributed by atoms with E-state index < -0.39 is 0 Å². The number of rotatable bonds is 4. The molecule has 0 aromatic heterocycles. The van der Waals surface area contributed by atoms with Gasteiger partial charge in [-0.15, -0.1) is 0 Å². The number of piperazine rings is 1. The van der Waals surface area contributed by atoms with Gasteiger partial charge in [-0.25, -0.2) is 0 Å². The molecule has 1 unspecified atom stereocenters.